The van der Waals surface area contributed by atoms with Crippen molar-refractivity contribution in [2.45, 2.75) is 19.8 Å². The van der Waals surface area contributed by atoms with Crippen molar-refractivity contribution in [1.29, 1.82) is 0 Å². The minimum absolute atomic E-state index is 0.00560. The highest BCUT2D eigenvalue weighted by Gasteiger charge is 2.07. The summed E-state index contributed by atoms with van der Waals surface area (Å²) in [5.41, 5.74) is 5.31. The molecule has 1 rings (SSSR count). The largest absolute Gasteiger partial charge is 0.326 e. The van der Waals surface area contributed by atoms with Crippen LogP contribution in [-0.4, -0.2) is 22.8 Å². The second kappa shape index (κ2) is 8.64. The zero-order valence-corrected chi connectivity index (χ0v) is 12.3. The topological polar surface area (TPSA) is 99.3 Å². The normalized spacial score (nSPS) is 9.38. The fraction of sp³-hybridized carbons (Fsp3) is 0.231. The number of carbonyl (C=O) groups is 3. The minimum Gasteiger partial charge on any atom is -0.326 e. The number of anilines is 1. The molecular formula is C13H16N4O3S. The first kappa shape index (κ1) is 16.6. The third-order valence-electron chi connectivity index (χ3n) is 2.24. The summed E-state index contributed by atoms with van der Waals surface area (Å²) in [6.07, 6.45) is 0.0314. The van der Waals surface area contributed by atoms with E-state index in [-0.39, 0.29) is 29.8 Å². The minimum atomic E-state index is -0.411. The van der Waals surface area contributed by atoms with E-state index in [1.165, 1.54) is 6.92 Å². The van der Waals surface area contributed by atoms with E-state index in [4.69, 9.17) is 12.2 Å². The van der Waals surface area contributed by atoms with Crippen molar-refractivity contribution in [3.63, 3.8) is 0 Å². The molecule has 0 aliphatic carbocycles. The number of hydrazine groups is 1. The number of amides is 3. The van der Waals surface area contributed by atoms with Crippen molar-refractivity contribution >= 4 is 40.7 Å². The molecule has 1 aromatic rings. The quantitative estimate of drug-likeness (QED) is 0.478. The molecule has 0 aromatic heterocycles. The van der Waals surface area contributed by atoms with Gasteiger partial charge in [0.25, 0.3) is 0 Å². The lowest BCUT2D eigenvalue weighted by atomic mass is 10.2. The van der Waals surface area contributed by atoms with Crippen LogP contribution in [0.2, 0.25) is 0 Å². The third-order valence-corrected chi connectivity index (χ3v) is 2.45. The fourth-order valence-corrected chi connectivity index (χ4v) is 1.55. The number of para-hydroxylation sites is 1. The van der Waals surface area contributed by atoms with E-state index in [0.717, 1.165) is 0 Å². The van der Waals surface area contributed by atoms with E-state index in [1.807, 2.05) is 6.07 Å². The van der Waals surface area contributed by atoms with Crippen molar-refractivity contribution in [3.8, 4) is 0 Å². The van der Waals surface area contributed by atoms with Gasteiger partial charge in [0.1, 0.15) is 0 Å². The second-order valence-electron chi connectivity index (χ2n) is 4.10. The first-order valence-electron chi connectivity index (χ1n) is 6.18. The van der Waals surface area contributed by atoms with Gasteiger partial charge in [-0.25, -0.2) is 0 Å². The lowest BCUT2D eigenvalue weighted by Crippen LogP contribution is -2.48. The van der Waals surface area contributed by atoms with Gasteiger partial charge in [-0.15, -0.1) is 0 Å². The van der Waals surface area contributed by atoms with Gasteiger partial charge in [0.05, 0.1) is 0 Å². The van der Waals surface area contributed by atoms with Crippen LogP contribution in [0.3, 0.4) is 0 Å². The Hall–Kier alpha value is -2.48. The molecular weight excluding hydrogens is 292 g/mol. The van der Waals surface area contributed by atoms with Crippen molar-refractivity contribution in [2.24, 2.45) is 0 Å². The van der Waals surface area contributed by atoms with Crippen LogP contribution in [0.15, 0.2) is 30.3 Å². The molecule has 7 nitrogen and oxygen atoms in total. The smallest absolute Gasteiger partial charge is 0.238 e. The summed E-state index contributed by atoms with van der Waals surface area (Å²) in [6, 6.07) is 8.95. The van der Waals surface area contributed by atoms with Crippen LogP contribution in [0.4, 0.5) is 5.69 Å². The zero-order valence-electron chi connectivity index (χ0n) is 11.4. The highest BCUT2D eigenvalue weighted by Crippen LogP contribution is 2.05. The van der Waals surface area contributed by atoms with Gasteiger partial charge in [-0.1, -0.05) is 18.2 Å². The standard InChI is InChI=1S/C13H16N4O3S/c1-9(18)14-13(21)17-16-12(20)8-7-11(19)15-10-5-3-2-4-6-10/h2-6H,7-8H2,1H3,(H,15,19)(H,16,20)(H2,14,17,18,21). The Morgan fingerprint density at radius 2 is 1.62 bits per heavy atom. The van der Waals surface area contributed by atoms with Gasteiger partial charge in [0, 0.05) is 25.5 Å². The van der Waals surface area contributed by atoms with Crippen LogP contribution >= 0.6 is 12.2 Å². The molecule has 0 spiro atoms. The van der Waals surface area contributed by atoms with Crippen molar-refractivity contribution in [3.05, 3.63) is 30.3 Å². The van der Waals surface area contributed by atoms with Crippen LogP contribution in [0.25, 0.3) is 0 Å². The summed E-state index contributed by atoms with van der Waals surface area (Å²) in [5.74, 6) is -1.02. The predicted octanol–water partition coefficient (Wildman–Crippen LogP) is 0.447. The number of rotatable bonds is 4. The van der Waals surface area contributed by atoms with Gasteiger partial charge in [-0.2, -0.15) is 0 Å². The monoisotopic (exact) mass is 308 g/mol. The van der Waals surface area contributed by atoms with Crippen LogP contribution in [-0.2, 0) is 14.4 Å². The number of hydrogen-bond donors (Lipinski definition) is 4. The lowest BCUT2D eigenvalue weighted by molar-refractivity contribution is -0.124. The second-order valence-corrected chi connectivity index (χ2v) is 4.51. The maximum Gasteiger partial charge on any atom is 0.238 e. The van der Waals surface area contributed by atoms with E-state index in [1.54, 1.807) is 24.3 Å². The first-order valence-corrected chi connectivity index (χ1v) is 6.59. The number of thiocarbonyl (C=S) groups is 1. The molecule has 0 atom stereocenters. The Morgan fingerprint density at radius 1 is 1.00 bits per heavy atom. The SMILES string of the molecule is CC(=O)NC(=S)NNC(=O)CCC(=O)Nc1ccccc1. The van der Waals surface area contributed by atoms with E-state index < -0.39 is 5.91 Å². The number of carbonyl (C=O) groups excluding carboxylic acids is 3. The zero-order chi connectivity index (χ0) is 15.7. The predicted molar refractivity (Wildman–Crippen MR) is 82.0 cm³/mol. The summed E-state index contributed by atoms with van der Waals surface area (Å²) >= 11 is 4.73. The Morgan fingerprint density at radius 3 is 2.24 bits per heavy atom. The van der Waals surface area contributed by atoms with Crippen LogP contribution < -0.4 is 21.5 Å². The van der Waals surface area contributed by atoms with Gasteiger partial charge in [0.2, 0.25) is 17.7 Å². The summed E-state index contributed by atoms with van der Waals surface area (Å²) in [7, 11) is 0. The molecule has 112 valence electrons. The maximum atomic E-state index is 11.6. The van der Waals surface area contributed by atoms with Gasteiger partial charge < -0.3 is 10.6 Å². The highest BCUT2D eigenvalue weighted by molar-refractivity contribution is 7.80. The molecule has 0 unspecified atom stereocenters. The molecule has 0 aliphatic heterocycles. The van der Waals surface area contributed by atoms with Gasteiger partial charge >= 0.3 is 0 Å². The van der Waals surface area contributed by atoms with E-state index in [9.17, 15) is 14.4 Å². The Bertz CT molecular complexity index is 533. The average molecular weight is 308 g/mol. The summed E-state index contributed by atoms with van der Waals surface area (Å²) in [6.45, 7) is 1.30. The molecule has 0 bridgehead atoms. The third kappa shape index (κ3) is 7.63. The van der Waals surface area contributed by atoms with Gasteiger partial charge in [-0.05, 0) is 24.4 Å². The van der Waals surface area contributed by atoms with E-state index in [0.29, 0.717) is 5.69 Å². The number of hydrogen-bond acceptors (Lipinski definition) is 4. The van der Waals surface area contributed by atoms with Crippen LogP contribution in [0.5, 0.6) is 0 Å². The van der Waals surface area contributed by atoms with Gasteiger partial charge in [0.15, 0.2) is 5.11 Å². The van der Waals surface area contributed by atoms with Crippen molar-refractivity contribution < 1.29 is 14.4 Å². The van der Waals surface area contributed by atoms with Gasteiger partial charge in [-0.3, -0.25) is 25.2 Å². The lowest BCUT2D eigenvalue weighted by Gasteiger charge is -2.09. The molecule has 21 heavy (non-hydrogen) atoms. The Labute approximate surface area is 127 Å². The summed E-state index contributed by atoms with van der Waals surface area (Å²) in [4.78, 5) is 33.8. The molecule has 0 saturated carbocycles. The molecule has 3 amide bonds. The Kier molecular flexibility index (Phi) is 6.82. The van der Waals surface area contributed by atoms with E-state index >= 15 is 0 Å². The molecule has 0 saturated heterocycles. The highest BCUT2D eigenvalue weighted by atomic mass is 32.1. The number of nitrogens with one attached hydrogen (secondary N) is 4. The molecule has 0 heterocycles. The average Bonchev–Trinajstić information content (AvgIpc) is 2.43. The molecule has 0 radical (unpaired) electrons. The Balaban J connectivity index is 2.22. The molecule has 8 heteroatoms. The fourth-order valence-electron chi connectivity index (χ4n) is 1.35. The molecule has 1 aromatic carbocycles. The molecule has 0 fully saturated rings. The number of benzene rings is 1. The summed E-state index contributed by atoms with van der Waals surface area (Å²) < 4.78 is 0. The van der Waals surface area contributed by atoms with Crippen LogP contribution in [0, 0.1) is 0 Å². The van der Waals surface area contributed by atoms with Crippen LogP contribution in [0.1, 0.15) is 19.8 Å². The first-order chi connectivity index (χ1) is 9.97. The van der Waals surface area contributed by atoms with Crippen molar-refractivity contribution in [1.82, 2.24) is 16.2 Å². The van der Waals surface area contributed by atoms with E-state index in [2.05, 4.69) is 21.5 Å². The van der Waals surface area contributed by atoms with Crippen molar-refractivity contribution in [2.75, 3.05) is 5.32 Å². The maximum absolute atomic E-state index is 11.6. The summed E-state index contributed by atoms with van der Waals surface area (Å²) in [5, 5.41) is 4.94. The molecule has 4 N–H and O–H groups in total. The molecule has 0 aliphatic rings.